The summed E-state index contributed by atoms with van der Waals surface area (Å²) in [5.41, 5.74) is 0.818. The van der Waals surface area contributed by atoms with Crippen LogP contribution in [0.5, 0.6) is 0 Å². The second kappa shape index (κ2) is 5.68. The molecule has 0 aromatic carbocycles. The van der Waals surface area contributed by atoms with E-state index in [1.54, 1.807) is 18.5 Å². The number of aryl methyl sites for hydroxylation is 2. The monoisotopic (exact) mass is 300 g/mol. The molecule has 2 aromatic rings. The minimum atomic E-state index is -4.22. The van der Waals surface area contributed by atoms with E-state index in [1.807, 2.05) is 6.92 Å². The third-order valence-corrected chi connectivity index (χ3v) is 4.16. The van der Waals surface area contributed by atoms with Crippen molar-refractivity contribution in [3.8, 4) is 10.6 Å². The van der Waals surface area contributed by atoms with Crippen molar-refractivity contribution in [1.82, 2.24) is 15.3 Å². The fourth-order valence-corrected chi connectivity index (χ4v) is 2.54. The lowest BCUT2D eigenvalue weighted by atomic mass is 10.3. The van der Waals surface area contributed by atoms with Gasteiger partial charge in [0.25, 0.3) is 0 Å². The van der Waals surface area contributed by atoms with E-state index in [9.17, 15) is 13.0 Å². The molecule has 0 aliphatic heterocycles. The van der Waals surface area contributed by atoms with Gasteiger partial charge in [0.15, 0.2) is 12.7 Å². The van der Waals surface area contributed by atoms with Gasteiger partial charge in [-0.3, -0.25) is 0 Å². The van der Waals surface area contributed by atoms with E-state index in [0.29, 0.717) is 0 Å². The van der Waals surface area contributed by atoms with Crippen LogP contribution in [0.4, 0.5) is 0 Å². The smallest absolute Gasteiger partial charge is 0.197 e. The Morgan fingerprint density at radius 1 is 1.42 bits per heavy atom. The summed E-state index contributed by atoms with van der Waals surface area (Å²) in [5, 5.41) is 13.8. The van der Waals surface area contributed by atoms with Crippen molar-refractivity contribution < 1.29 is 17.7 Å². The fraction of sp³-hybridized carbons (Fsp3) is 0.400. The first-order valence-electron chi connectivity index (χ1n) is 5.60. The minimum absolute atomic E-state index is 0.0441. The molecule has 0 fully saturated rings. The number of hydrogen-bond donors (Lipinski definition) is 0. The molecule has 102 valence electrons. The zero-order valence-electron chi connectivity index (χ0n) is 10.2. The third kappa shape index (κ3) is 4.01. The van der Waals surface area contributed by atoms with Gasteiger partial charge in [0, 0.05) is 11.6 Å². The van der Waals surface area contributed by atoms with E-state index >= 15 is 0 Å². The van der Waals surface area contributed by atoms with Crippen molar-refractivity contribution in [2.24, 2.45) is 0 Å². The van der Waals surface area contributed by atoms with Gasteiger partial charge in [-0.25, -0.2) is 8.42 Å². The molecule has 0 N–H and O–H groups in total. The van der Waals surface area contributed by atoms with Crippen molar-refractivity contribution >= 4 is 21.5 Å². The van der Waals surface area contributed by atoms with Gasteiger partial charge in [0.1, 0.15) is 26.3 Å². The zero-order valence-corrected chi connectivity index (χ0v) is 11.8. The summed E-state index contributed by atoms with van der Waals surface area (Å²) in [6, 6.07) is 1.77. The maximum absolute atomic E-state index is 10.5. The molecule has 0 saturated heterocycles. The Bertz CT molecular complexity index is 652. The first-order valence-corrected chi connectivity index (χ1v) is 7.99. The van der Waals surface area contributed by atoms with Crippen molar-refractivity contribution in [3.05, 3.63) is 23.5 Å². The highest BCUT2D eigenvalue weighted by molar-refractivity contribution is 7.85. The highest BCUT2D eigenvalue weighted by Gasteiger charge is 2.10. The second-order valence-corrected chi connectivity index (χ2v) is 6.38. The number of hydrogen-bond acceptors (Lipinski definition) is 7. The molecule has 0 amide bonds. The van der Waals surface area contributed by atoms with Gasteiger partial charge in [0.05, 0.1) is 5.75 Å². The normalized spacial score (nSPS) is 11.7. The first kappa shape index (κ1) is 14.0. The summed E-state index contributed by atoms with van der Waals surface area (Å²) < 4.78 is 33.0. The van der Waals surface area contributed by atoms with Crippen molar-refractivity contribution in [1.29, 1.82) is 0 Å². The Morgan fingerprint density at radius 2 is 2.21 bits per heavy atom. The van der Waals surface area contributed by atoms with Crippen LogP contribution in [-0.2, 0) is 23.1 Å². The average Bonchev–Trinajstić information content (AvgIpc) is 2.85. The maximum atomic E-state index is 10.5. The SMILES string of the molecule is CCc1nnc(-c2cc[n+](CCS(=O)(=O)[O-])nc2)s1. The van der Waals surface area contributed by atoms with E-state index in [-0.39, 0.29) is 6.54 Å². The summed E-state index contributed by atoms with van der Waals surface area (Å²) in [4.78, 5) is 0. The van der Waals surface area contributed by atoms with E-state index in [2.05, 4.69) is 15.3 Å². The van der Waals surface area contributed by atoms with Crippen LogP contribution < -0.4 is 4.68 Å². The molecule has 2 aromatic heterocycles. The molecule has 7 nitrogen and oxygen atoms in total. The van der Waals surface area contributed by atoms with Crippen LogP contribution in [0.2, 0.25) is 0 Å². The maximum Gasteiger partial charge on any atom is 0.197 e. The molecule has 2 rings (SSSR count). The van der Waals surface area contributed by atoms with Crippen LogP contribution in [0.1, 0.15) is 11.9 Å². The summed E-state index contributed by atoms with van der Waals surface area (Å²) >= 11 is 1.49. The molecule has 9 heteroatoms. The summed E-state index contributed by atoms with van der Waals surface area (Å²) in [6.07, 6.45) is 4.03. The molecule has 2 heterocycles. The fourth-order valence-electron chi connectivity index (χ4n) is 1.36. The van der Waals surface area contributed by atoms with Gasteiger partial charge in [-0.2, -0.15) is 0 Å². The van der Waals surface area contributed by atoms with Crippen molar-refractivity contribution in [2.75, 3.05) is 5.75 Å². The lowest BCUT2D eigenvalue weighted by Crippen LogP contribution is -2.40. The molecule has 0 aliphatic carbocycles. The summed E-state index contributed by atoms with van der Waals surface area (Å²) in [7, 11) is -4.22. The Morgan fingerprint density at radius 3 is 2.74 bits per heavy atom. The number of aromatic nitrogens is 4. The minimum Gasteiger partial charge on any atom is -0.748 e. The molecular formula is C10H12N4O3S2. The molecule has 0 radical (unpaired) electrons. The summed E-state index contributed by atoms with van der Waals surface area (Å²) in [5.74, 6) is -0.469. The van der Waals surface area contributed by atoms with E-state index in [4.69, 9.17) is 0 Å². The molecule has 0 aliphatic rings. The van der Waals surface area contributed by atoms with Gasteiger partial charge in [-0.1, -0.05) is 22.9 Å². The van der Waals surface area contributed by atoms with Gasteiger partial charge < -0.3 is 4.55 Å². The number of nitrogens with zero attached hydrogens (tertiary/aromatic N) is 4. The molecule has 19 heavy (non-hydrogen) atoms. The molecule has 0 saturated carbocycles. The van der Waals surface area contributed by atoms with Crippen LogP contribution >= 0.6 is 11.3 Å². The van der Waals surface area contributed by atoms with E-state index in [0.717, 1.165) is 22.0 Å². The molecular weight excluding hydrogens is 288 g/mol. The van der Waals surface area contributed by atoms with Crippen LogP contribution in [0, 0.1) is 0 Å². The van der Waals surface area contributed by atoms with Gasteiger partial charge in [-0.05, 0) is 11.5 Å². The average molecular weight is 300 g/mol. The quantitative estimate of drug-likeness (QED) is 0.569. The van der Waals surface area contributed by atoms with Crippen LogP contribution in [0.15, 0.2) is 18.5 Å². The molecule has 0 unspecified atom stereocenters. The zero-order chi connectivity index (χ0) is 13.9. The van der Waals surface area contributed by atoms with Crippen LogP contribution in [0.3, 0.4) is 0 Å². The Kier molecular flexibility index (Phi) is 4.17. The predicted molar refractivity (Wildman–Crippen MR) is 67.3 cm³/mol. The van der Waals surface area contributed by atoms with Crippen molar-refractivity contribution in [2.45, 2.75) is 19.9 Å². The highest BCUT2D eigenvalue weighted by atomic mass is 32.2. The second-order valence-electron chi connectivity index (χ2n) is 3.80. The Hall–Kier alpha value is -1.45. The topological polar surface area (TPSA) is 99.8 Å². The van der Waals surface area contributed by atoms with Gasteiger partial charge >= 0.3 is 0 Å². The Balaban J connectivity index is 2.10. The standard InChI is InChI=1S/C10H12N4O3S2/c1-2-9-12-13-10(18-9)8-3-4-14(11-7-8)5-6-19(15,16)17/h3-4,7H,2,5-6H2,1H3. The van der Waals surface area contributed by atoms with Gasteiger partial charge in [-0.15, -0.1) is 10.2 Å². The highest BCUT2D eigenvalue weighted by Crippen LogP contribution is 2.21. The van der Waals surface area contributed by atoms with Crippen molar-refractivity contribution in [3.63, 3.8) is 0 Å². The van der Waals surface area contributed by atoms with Crippen LogP contribution in [-0.4, -0.2) is 34.0 Å². The predicted octanol–water partition coefficient (Wildman–Crippen LogP) is -0.00480. The van der Waals surface area contributed by atoms with E-state index < -0.39 is 15.9 Å². The van der Waals surface area contributed by atoms with E-state index in [1.165, 1.54) is 16.0 Å². The first-order chi connectivity index (χ1) is 8.98. The van der Waals surface area contributed by atoms with Gasteiger partial charge in [0.2, 0.25) is 0 Å². The molecule has 0 bridgehead atoms. The largest absolute Gasteiger partial charge is 0.748 e. The molecule has 0 spiro atoms. The van der Waals surface area contributed by atoms with Crippen LogP contribution in [0.25, 0.3) is 10.6 Å². The lowest BCUT2D eigenvalue weighted by Gasteiger charge is -2.02. The lowest BCUT2D eigenvalue weighted by molar-refractivity contribution is -0.750. The third-order valence-electron chi connectivity index (χ3n) is 2.36. The molecule has 0 atom stereocenters. The number of rotatable bonds is 5. The Labute approximate surface area is 114 Å². The summed E-state index contributed by atoms with van der Waals surface area (Å²) in [6.45, 7) is 2.05.